The van der Waals surface area contributed by atoms with Gasteiger partial charge in [-0.2, -0.15) is 0 Å². The first kappa shape index (κ1) is 26.8. The molecular weight excluding hydrogens is 422 g/mol. The minimum Gasteiger partial charge on any atom is -0.460 e. The average molecular weight is 462 g/mol. The van der Waals surface area contributed by atoms with Crippen LogP contribution in [0.3, 0.4) is 0 Å². The predicted molar refractivity (Wildman–Crippen MR) is 127 cm³/mol. The molecule has 0 aromatic heterocycles. The summed E-state index contributed by atoms with van der Waals surface area (Å²) in [5.41, 5.74) is 0.484. The van der Waals surface area contributed by atoms with Crippen molar-refractivity contribution in [1.82, 2.24) is 0 Å². The number of carbonyl (C=O) groups is 1. The monoisotopic (exact) mass is 461 g/mol. The first-order chi connectivity index (χ1) is 15.9. The third-order valence-corrected chi connectivity index (χ3v) is 6.79. The Morgan fingerprint density at radius 1 is 1.24 bits per heavy atom. The minimum absolute atomic E-state index is 0.195. The first-order valence-corrected chi connectivity index (χ1v) is 12.2. The van der Waals surface area contributed by atoms with Crippen LogP contribution in [0.5, 0.6) is 0 Å². The van der Waals surface area contributed by atoms with E-state index < -0.39 is 22.7 Å². The highest BCUT2D eigenvalue weighted by Gasteiger charge is 2.47. The maximum atomic E-state index is 13.5. The van der Waals surface area contributed by atoms with Crippen LogP contribution in [0, 0.1) is 21.4 Å². The third-order valence-electron chi connectivity index (χ3n) is 6.79. The molecule has 1 aliphatic rings. The Labute approximate surface area is 197 Å². The van der Waals surface area contributed by atoms with E-state index in [1.54, 1.807) is 6.92 Å². The van der Waals surface area contributed by atoms with E-state index in [-0.39, 0.29) is 18.5 Å². The summed E-state index contributed by atoms with van der Waals surface area (Å²) in [6, 6.07) is 10.1. The van der Waals surface area contributed by atoms with Crippen molar-refractivity contribution in [1.29, 1.82) is 0 Å². The van der Waals surface area contributed by atoms with Crippen molar-refractivity contribution in [2.24, 2.45) is 11.3 Å². The molecule has 3 unspecified atom stereocenters. The van der Waals surface area contributed by atoms with E-state index in [2.05, 4.69) is 23.0 Å². The fraction of sp³-hybridized carbons (Fsp3) is 0.654. The van der Waals surface area contributed by atoms with Gasteiger partial charge in [-0.3, -0.25) is 4.79 Å². The van der Waals surface area contributed by atoms with Gasteiger partial charge in [0.1, 0.15) is 12.7 Å². The van der Waals surface area contributed by atoms with Gasteiger partial charge < -0.3 is 14.7 Å². The molecule has 0 aliphatic heterocycles. The second-order valence-electron chi connectivity index (χ2n) is 9.20. The lowest BCUT2D eigenvalue weighted by Crippen LogP contribution is -2.42. The van der Waals surface area contributed by atoms with E-state index >= 15 is 0 Å². The molecule has 1 aromatic carbocycles. The number of aliphatic hydroxyl groups is 1. The van der Waals surface area contributed by atoms with Crippen LogP contribution in [0.2, 0.25) is 0 Å². The predicted octanol–water partition coefficient (Wildman–Crippen LogP) is 5.43. The molecule has 1 saturated carbocycles. The number of carbonyl (C=O) groups excluding carboxylic acids is 1. The van der Waals surface area contributed by atoms with Crippen LogP contribution < -0.4 is 0 Å². The summed E-state index contributed by atoms with van der Waals surface area (Å²) in [5.74, 6) is -0.117. The smallest absolute Gasteiger partial charge is 0.312 e. The molecule has 0 radical (unpaired) electrons. The van der Waals surface area contributed by atoms with Crippen LogP contribution in [0.1, 0.15) is 77.2 Å². The number of esters is 1. The van der Waals surface area contributed by atoms with Crippen LogP contribution in [0.15, 0.2) is 42.5 Å². The summed E-state index contributed by atoms with van der Waals surface area (Å²) in [6.07, 6.45) is 10.8. The van der Waals surface area contributed by atoms with Crippen molar-refractivity contribution in [3.05, 3.63) is 58.2 Å². The highest BCUT2D eigenvalue weighted by atomic mass is 17.0. The fourth-order valence-corrected chi connectivity index (χ4v) is 4.94. The van der Waals surface area contributed by atoms with Crippen LogP contribution >= 0.6 is 0 Å². The molecule has 7 nitrogen and oxygen atoms in total. The molecule has 0 bridgehead atoms. The zero-order chi connectivity index (χ0) is 24.1. The maximum Gasteiger partial charge on any atom is 0.312 e. The number of allylic oxidation sites excluding steroid dienone is 2. The van der Waals surface area contributed by atoms with Crippen LogP contribution in [0.25, 0.3) is 0 Å². The third kappa shape index (κ3) is 8.80. The zero-order valence-electron chi connectivity index (χ0n) is 20.0. The van der Waals surface area contributed by atoms with Gasteiger partial charge >= 0.3 is 5.97 Å². The fourth-order valence-electron chi connectivity index (χ4n) is 4.94. The standard InChI is InChI=1S/C26H39NO6/c1-3-4-10-18-26(23-13-8-9-14-23,25(29)33-21(2)20-32-27(30)31)19-17-24(28)16-15-22-11-6-5-7-12-22/h3-7,11-12,21,23-24,28H,8-10,13-20H2,1-2H3/b4-3+. The van der Waals surface area contributed by atoms with Crippen molar-refractivity contribution in [2.75, 3.05) is 6.61 Å². The second-order valence-corrected chi connectivity index (χ2v) is 9.20. The maximum absolute atomic E-state index is 13.5. The largest absolute Gasteiger partial charge is 0.460 e. The molecule has 2 rings (SSSR count). The highest BCUT2D eigenvalue weighted by Crippen LogP contribution is 2.48. The Morgan fingerprint density at radius 2 is 1.94 bits per heavy atom. The van der Waals surface area contributed by atoms with Crippen molar-refractivity contribution in [2.45, 2.75) is 90.3 Å². The second kappa shape index (κ2) is 14.0. The Hall–Kier alpha value is -2.41. The normalized spacial score (nSPS) is 18.0. The van der Waals surface area contributed by atoms with Gasteiger partial charge in [0, 0.05) is 0 Å². The average Bonchev–Trinajstić information content (AvgIpc) is 3.34. The Morgan fingerprint density at radius 3 is 2.58 bits per heavy atom. The Balaban J connectivity index is 2.10. The van der Waals surface area contributed by atoms with Crippen molar-refractivity contribution in [3.8, 4) is 0 Å². The van der Waals surface area contributed by atoms with Gasteiger partial charge in [0.05, 0.1) is 11.5 Å². The Bertz CT molecular complexity index is 746. The molecule has 3 atom stereocenters. The summed E-state index contributed by atoms with van der Waals surface area (Å²) in [5, 5.41) is 20.4. The first-order valence-electron chi connectivity index (χ1n) is 12.2. The summed E-state index contributed by atoms with van der Waals surface area (Å²) in [4.78, 5) is 28.5. The van der Waals surface area contributed by atoms with Crippen LogP contribution in [-0.4, -0.2) is 35.0 Å². The number of aryl methyl sites for hydroxylation is 1. The minimum atomic E-state index is -0.871. The molecule has 184 valence electrons. The molecular formula is C26H39NO6. The number of ether oxygens (including phenoxy) is 1. The Kier molecular flexibility index (Phi) is 11.4. The van der Waals surface area contributed by atoms with E-state index in [4.69, 9.17) is 4.74 Å². The van der Waals surface area contributed by atoms with E-state index in [1.807, 2.05) is 31.2 Å². The number of hydrogen-bond donors (Lipinski definition) is 1. The molecule has 0 saturated heterocycles. The van der Waals surface area contributed by atoms with Gasteiger partial charge in [-0.1, -0.05) is 55.3 Å². The molecule has 0 spiro atoms. The molecule has 7 heteroatoms. The molecule has 0 amide bonds. The van der Waals surface area contributed by atoms with Gasteiger partial charge in [-0.15, -0.1) is 10.1 Å². The van der Waals surface area contributed by atoms with Crippen LogP contribution in [0.4, 0.5) is 0 Å². The number of nitrogens with zero attached hydrogens (tertiary/aromatic N) is 1. The summed E-state index contributed by atoms with van der Waals surface area (Å²) in [7, 11) is 0. The lowest BCUT2D eigenvalue weighted by Gasteiger charge is -2.38. The van der Waals surface area contributed by atoms with E-state index in [0.29, 0.717) is 25.7 Å². The molecule has 1 N–H and O–H groups in total. The molecule has 0 heterocycles. The lowest BCUT2D eigenvalue weighted by atomic mass is 9.67. The molecule has 1 aromatic rings. The van der Waals surface area contributed by atoms with Gasteiger partial charge in [-0.05, 0) is 76.7 Å². The van der Waals surface area contributed by atoms with Crippen molar-refractivity contribution in [3.63, 3.8) is 0 Å². The number of benzene rings is 1. The summed E-state index contributed by atoms with van der Waals surface area (Å²) < 4.78 is 5.70. The highest BCUT2D eigenvalue weighted by molar-refractivity contribution is 5.77. The number of aliphatic hydroxyl groups excluding tert-OH is 1. The molecule has 1 fully saturated rings. The van der Waals surface area contributed by atoms with E-state index in [0.717, 1.165) is 38.5 Å². The van der Waals surface area contributed by atoms with Gasteiger partial charge in [-0.25, -0.2) is 0 Å². The molecule has 1 aliphatic carbocycles. The zero-order valence-corrected chi connectivity index (χ0v) is 20.0. The number of hydrogen-bond acceptors (Lipinski definition) is 6. The van der Waals surface area contributed by atoms with E-state index in [1.165, 1.54) is 5.56 Å². The van der Waals surface area contributed by atoms with Gasteiger partial charge in [0.25, 0.3) is 5.09 Å². The summed E-state index contributed by atoms with van der Waals surface area (Å²) in [6.45, 7) is 3.29. The van der Waals surface area contributed by atoms with Gasteiger partial charge in [0.2, 0.25) is 0 Å². The lowest BCUT2D eigenvalue weighted by molar-refractivity contribution is -0.759. The van der Waals surface area contributed by atoms with Crippen LogP contribution in [-0.2, 0) is 20.8 Å². The number of rotatable bonds is 15. The topological polar surface area (TPSA) is 98.9 Å². The quantitative estimate of drug-likeness (QED) is 0.162. The van der Waals surface area contributed by atoms with E-state index in [9.17, 15) is 20.0 Å². The van der Waals surface area contributed by atoms with Gasteiger partial charge in [0.15, 0.2) is 0 Å². The SMILES string of the molecule is C/C=C/CCC(CCC(O)CCc1ccccc1)(C(=O)OC(C)CO[N+](=O)[O-])C1CCCC1. The van der Waals surface area contributed by atoms with Crippen molar-refractivity contribution < 1.29 is 24.6 Å². The summed E-state index contributed by atoms with van der Waals surface area (Å²) >= 11 is 0. The van der Waals surface area contributed by atoms with Crippen molar-refractivity contribution >= 4 is 5.97 Å². The molecule has 33 heavy (non-hydrogen) atoms.